The molecule has 0 heterocycles. The van der Waals surface area contributed by atoms with Gasteiger partial charge in [-0.1, -0.05) is 30.3 Å². The van der Waals surface area contributed by atoms with E-state index >= 15 is 0 Å². The van der Waals surface area contributed by atoms with Crippen LogP contribution in [0.15, 0.2) is 84.0 Å². The summed E-state index contributed by atoms with van der Waals surface area (Å²) in [6.07, 6.45) is 1.49. The second-order valence-corrected chi connectivity index (χ2v) is 7.00. The third-order valence-electron chi connectivity index (χ3n) is 3.70. The maximum atomic E-state index is 12.2. The van der Waals surface area contributed by atoms with Gasteiger partial charge in [0.25, 0.3) is 5.91 Å². The number of benzene rings is 3. The molecule has 1 N–H and O–H groups in total. The Morgan fingerprint density at radius 3 is 2.31 bits per heavy atom. The van der Waals surface area contributed by atoms with Crippen LogP contribution in [0.25, 0.3) is 0 Å². The normalized spacial score (nSPS) is 10.5. The molecular weight excluding hydrogens is 483 g/mol. The number of rotatable bonds is 7. The highest BCUT2D eigenvalue weighted by atomic mass is 127. The van der Waals surface area contributed by atoms with Gasteiger partial charge in [-0.2, -0.15) is 5.10 Å². The van der Waals surface area contributed by atoms with Crippen LogP contribution in [0.5, 0.6) is 11.5 Å². The fraction of sp³-hybridized carbons (Fsp3) is 0.0455. The molecule has 0 fully saturated rings. The van der Waals surface area contributed by atoms with Crippen molar-refractivity contribution in [2.45, 2.75) is 0 Å². The van der Waals surface area contributed by atoms with E-state index < -0.39 is 5.97 Å². The van der Waals surface area contributed by atoms with Gasteiger partial charge >= 0.3 is 5.97 Å². The van der Waals surface area contributed by atoms with Crippen molar-refractivity contribution in [3.05, 3.63) is 93.6 Å². The molecule has 0 radical (unpaired) electrons. The van der Waals surface area contributed by atoms with Crippen molar-refractivity contribution in [3.63, 3.8) is 0 Å². The summed E-state index contributed by atoms with van der Waals surface area (Å²) >= 11 is 2.09. The Kier molecular flexibility index (Phi) is 7.34. The molecule has 0 spiro atoms. The lowest BCUT2D eigenvalue weighted by atomic mass is 10.2. The lowest BCUT2D eigenvalue weighted by molar-refractivity contribution is -0.123. The van der Waals surface area contributed by atoms with Crippen molar-refractivity contribution in [2.75, 3.05) is 6.61 Å². The molecule has 0 aliphatic carbocycles. The van der Waals surface area contributed by atoms with E-state index in [0.717, 1.165) is 9.13 Å². The number of esters is 1. The molecule has 1 amide bonds. The van der Waals surface area contributed by atoms with Crippen LogP contribution in [0, 0.1) is 3.57 Å². The third kappa shape index (κ3) is 6.42. The summed E-state index contributed by atoms with van der Waals surface area (Å²) in [7, 11) is 0. The van der Waals surface area contributed by atoms with Crippen molar-refractivity contribution in [3.8, 4) is 11.5 Å². The smallest absolute Gasteiger partial charge is 0.344 e. The van der Waals surface area contributed by atoms with Gasteiger partial charge in [-0.25, -0.2) is 10.2 Å². The van der Waals surface area contributed by atoms with Gasteiger partial charge in [-0.3, -0.25) is 4.79 Å². The zero-order valence-corrected chi connectivity index (χ0v) is 17.4. The van der Waals surface area contributed by atoms with Gasteiger partial charge in [0.05, 0.1) is 11.8 Å². The maximum Gasteiger partial charge on any atom is 0.344 e. The number of hydrogen-bond acceptors (Lipinski definition) is 5. The number of halogens is 1. The minimum absolute atomic E-state index is 0.130. The molecule has 0 unspecified atom stereocenters. The molecule has 0 atom stereocenters. The topological polar surface area (TPSA) is 77.0 Å². The number of hydrazone groups is 1. The average Bonchev–Trinajstić information content (AvgIpc) is 2.74. The summed E-state index contributed by atoms with van der Waals surface area (Å²) < 4.78 is 11.5. The first-order valence-electron chi connectivity index (χ1n) is 8.68. The Hall–Kier alpha value is -3.20. The van der Waals surface area contributed by atoms with Gasteiger partial charge in [-0.05, 0) is 76.7 Å². The average molecular weight is 500 g/mol. The largest absolute Gasteiger partial charge is 0.484 e. The number of para-hydroxylation sites is 1. The second-order valence-electron chi connectivity index (χ2n) is 5.83. The molecule has 0 saturated heterocycles. The van der Waals surface area contributed by atoms with Crippen LogP contribution in [-0.4, -0.2) is 24.7 Å². The first kappa shape index (κ1) is 20.5. The van der Waals surface area contributed by atoms with Crippen LogP contribution < -0.4 is 14.9 Å². The number of ether oxygens (including phenoxy) is 2. The molecule has 7 heteroatoms. The number of amides is 1. The van der Waals surface area contributed by atoms with Crippen molar-refractivity contribution in [1.82, 2.24) is 5.43 Å². The number of nitrogens with zero attached hydrogens (tertiary/aromatic N) is 1. The summed E-state index contributed by atoms with van der Waals surface area (Å²) in [6.45, 7) is -0.130. The molecule has 0 bridgehead atoms. The van der Waals surface area contributed by atoms with Crippen LogP contribution in [-0.2, 0) is 4.79 Å². The monoisotopic (exact) mass is 500 g/mol. The van der Waals surface area contributed by atoms with Crippen molar-refractivity contribution in [1.29, 1.82) is 0 Å². The Morgan fingerprint density at radius 2 is 1.59 bits per heavy atom. The fourth-order valence-electron chi connectivity index (χ4n) is 2.29. The van der Waals surface area contributed by atoms with Gasteiger partial charge in [0, 0.05) is 3.57 Å². The third-order valence-corrected chi connectivity index (χ3v) is 4.64. The number of carbonyl (C=O) groups excluding carboxylic acids is 2. The summed E-state index contributed by atoms with van der Waals surface area (Å²) in [6, 6.07) is 23.1. The van der Waals surface area contributed by atoms with Gasteiger partial charge in [0.1, 0.15) is 11.5 Å². The number of nitrogens with one attached hydrogen (secondary N) is 1. The second kappa shape index (κ2) is 10.4. The van der Waals surface area contributed by atoms with E-state index in [0.29, 0.717) is 17.1 Å². The van der Waals surface area contributed by atoms with Gasteiger partial charge < -0.3 is 9.47 Å². The molecule has 0 aliphatic heterocycles. The highest BCUT2D eigenvalue weighted by Gasteiger charge is 2.11. The van der Waals surface area contributed by atoms with Gasteiger partial charge in [0.2, 0.25) is 0 Å². The van der Waals surface area contributed by atoms with E-state index in [2.05, 4.69) is 33.1 Å². The Balaban J connectivity index is 1.48. The van der Waals surface area contributed by atoms with Crippen molar-refractivity contribution < 1.29 is 19.1 Å². The Morgan fingerprint density at radius 1 is 0.897 bits per heavy atom. The highest BCUT2D eigenvalue weighted by molar-refractivity contribution is 14.1. The molecule has 146 valence electrons. The number of hydrogen-bond donors (Lipinski definition) is 1. The molecular formula is C22H17IN2O4. The first-order chi connectivity index (χ1) is 14.1. The Bertz CT molecular complexity index is 1000. The van der Waals surface area contributed by atoms with Gasteiger partial charge in [0.15, 0.2) is 6.61 Å². The Labute approximate surface area is 181 Å². The lowest BCUT2D eigenvalue weighted by Gasteiger charge is -2.06. The van der Waals surface area contributed by atoms with Crippen LogP contribution in [0.4, 0.5) is 0 Å². The maximum absolute atomic E-state index is 12.2. The molecule has 29 heavy (non-hydrogen) atoms. The van der Waals surface area contributed by atoms with E-state index in [1.807, 2.05) is 30.3 Å². The molecule has 0 aromatic heterocycles. The number of carbonyl (C=O) groups is 2. The van der Waals surface area contributed by atoms with E-state index in [9.17, 15) is 9.59 Å². The van der Waals surface area contributed by atoms with E-state index in [1.165, 1.54) is 6.21 Å². The lowest BCUT2D eigenvalue weighted by Crippen LogP contribution is -2.24. The quantitative estimate of drug-likeness (QED) is 0.175. The standard InChI is InChI=1S/C22H17IN2O4/c23-20-9-5-4-8-19(20)22(27)29-18-12-10-16(11-13-18)14-24-25-21(26)15-28-17-6-2-1-3-7-17/h1-14H,15H2,(H,25,26). The molecule has 3 aromatic carbocycles. The predicted molar refractivity (Wildman–Crippen MR) is 118 cm³/mol. The highest BCUT2D eigenvalue weighted by Crippen LogP contribution is 2.17. The summed E-state index contributed by atoms with van der Waals surface area (Å²) in [5, 5.41) is 3.89. The summed E-state index contributed by atoms with van der Waals surface area (Å²) in [4.78, 5) is 24.0. The van der Waals surface area contributed by atoms with E-state index in [4.69, 9.17) is 9.47 Å². The molecule has 6 nitrogen and oxygen atoms in total. The fourth-order valence-corrected chi connectivity index (χ4v) is 2.89. The summed E-state index contributed by atoms with van der Waals surface area (Å²) in [5.74, 6) is 0.254. The van der Waals surface area contributed by atoms with E-state index in [-0.39, 0.29) is 12.5 Å². The van der Waals surface area contributed by atoms with Crippen LogP contribution in [0.1, 0.15) is 15.9 Å². The van der Waals surface area contributed by atoms with Crippen LogP contribution >= 0.6 is 22.6 Å². The van der Waals surface area contributed by atoms with Crippen molar-refractivity contribution in [2.24, 2.45) is 5.10 Å². The van der Waals surface area contributed by atoms with Crippen molar-refractivity contribution >= 4 is 40.7 Å². The molecule has 3 rings (SSSR count). The SMILES string of the molecule is O=C(COc1ccccc1)NN=Cc1ccc(OC(=O)c2ccccc2I)cc1. The zero-order valence-electron chi connectivity index (χ0n) is 15.2. The van der Waals surface area contributed by atoms with Crippen LogP contribution in [0.3, 0.4) is 0 Å². The zero-order chi connectivity index (χ0) is 20.5. The van der Waals surface area contributed by atoms with Gasteiger partial charge in [-0.15, -0.1) is 0 Å². The first-order valence-corrected chi connectivity index (χ1v) is 9.76. The molecule has 0 aliphatic rings. The predicted octanol–water partition coefficient (Wildman–Crippen LogP) is 4.04. The van der Waals surface area contributed by atoms with E-state index in [1.54, 1.807) is 48.5 Å². The molecule has 3 aromatic rings. The van der Waals surface area contributed by atoms with Crippen LogP contribution in [0.2, 0.25) is 0 Å². The minimum Gasteiger partial charge on any atom is -0.484 e. The minimum atomic E-state index is -0.415. The summed E-state index contributed by atoms with van der Waals surface area (Å²) in [5.41, 5.74) is 3.65. The molecule has 0 saturated carbocycles.